The van der Waals surface area contributed by atoms with Crippen LogP contribution in [-0.4, -0.2) is 32.2 Å². The van der Waals surface area contributed by atoms with Crippen molar-refractivity contribution in [2.75, 3.05) is 20.3 Å². The van der Waals surface area contributed by atoms with E-state index in [0.29, 0.717) is 24.5 Å². The van der Waals surface area contributed by atoms with Gasteiger partial charge in [0.2, 0.25) is 0 Å². The number of para-hydroxylation sites is 1. The number of ether oxygens (including phenoxy) is 2. The Morgan fingerprint density at radius 1 is 1.42 bits per heavy atom. The third-order valence-electron chi connectivity index (χ3n) is 2.53. The van der Waals surface area contributed by atoms with E-state index in [1.54, 1.807) is 7.05 Å². The topological polar surface area (TPSA) is 73.6 Å². The van der Waals surface area contributed by atoms with Gasteiger partial charge in [0.25, 0.3) is 5.91 Å². The zero-order valence-corrected chi connectivity index (χ0v) is 11.7. The smallest absolute Gasteiger partial charge is 0.257 e. The van der Waals surface area contributed by atoms with Gasteiger partial charge >= 0.3 is 0 Å². The lowest BCUT2D eigenvalue weighted by Crippen LogP contribution is -2.25. The van der Waals surface area contributed by atoms with Crippen LogP contribution in [0.1, 0.15) is 19.4 Å². The van der Waals surface area contributed by atoms with Crippen LogP contribution in [0.5, 0.6) is 11.5 Å². The highest BCUT2D eigenvalue weighted by molar-refractivity contribution is 5.77. The monoisotopic (exact) mass is 266 g/mol. The Morgan fingerprint density at radius 2 is 2.16 bits per heavy atom. The van der Waals surface area contributed by atoms with E-state index in [1.807, 2.05) is 32.0 Å². The van der Waals surface area contributed by atoms with Crippen molar-refractivity contribution in [2.24, 2.45) is 5.73 Å². The van der Waals surface area contributed by atoms with Crippen LogP contribution in [0.2, 0.25) is 0 Å². The van der Waals surface area contributed by atoms with E-state index in [4.69, 9.17) is 15.2 Å². The second kappa shape index (κ2) is 7.63. The van der Waals surface area contributed by atoms with Crippen LogP contribution in [-0.2, 0) is 11.2 Å². The molecule has 0 aliphatic heterocycles. The van der Waals surface area contributed by atoms with Crippen LogP contribution in [0.3, 0.4) is 0 Å². The Labute approximate surface area is 114 Å². The minimum atomic E-state index is -0.182. The Hall–Kier alpha value is -1.75. The number of likely N-dealkylation sites (N-methyl/N-ethyl adjacent to an activating group) is 1. The number of benzene rings is 1. The van der Waals surface area contributed by atoms with Crippen LogP contribution in [0.4, 0.5) is 0 Å². The molecular weight excluding hydrogens is 244 g/mol. The summed E-state index contributed by atoms with van der Waals surface area (Å²) >= 11 is 0. The number of nitrogens with one attached hydrogen (secondary N) is 1. The highest BCUT2D eigenvalue weighted by Gasteiger charge is 2.13. The van der Waals surface area contributed by atoms with Gasteiger partial charge in [-0.3, -0.25) is 4.79 Å². The second-order valence-electron chi connectivity index (χ2n) is 4.32. The third kappa shape index (κ3) is 4.79. The van der Waals surface area contributed by atoms with Crippen LogP contribution < -0.4 is 20.5 Å². The summed E-state index contributed by atoms with van der Waals surface area (Å²) in [5.41, 5.74) is 6.77. The molecule has 1 aromatic rings. The van der Waals surface area contributed by atoms with Gasteiger partial charge in [-0.05, 0) is 31.9 Å². The molecule has 0 spiro atoms. The first-order chi connectivity index (χ1) is 9.08. The Bertz CT molecular complexity index is 419. The lowest BCUT2D eigenvalue weighted by Gasteiger charge is -2.16. The Morgan fingerprint density at radius 3 is 2.74 bits per heavy atom. The molecule has 19 heavy (non-hydrogen) atoms. The van der Waals surface area contributed by atoms with E-state index in [2.05, 4.69) is 5.32 Å². The summed E-state index contributed by atoms with van der Waals surface area (Å²) in [5.74, 6) is 1.06. The van der Waals surface area contributed by atoms with E-state index >= 15 is 0 Å². The molecule has 0 saturated carbocycles. The fourth-order valence-electron chi connectivity index (χ4n) is 1.71. The number of nitrogens with two attached hydrogens (primary N) is 1. The van der Waals surface area contributed by atoms with Gasteiger partial charge in [0.05, 0.1) is 6.61 Å². The molecule has 0 bridgehead atoms. The first kappa shape index (κ1) is 15.3. The minimum Gasteiger partial charge on any atom is -0.490 e. The van der Waals surface area contributed by atoms with E-state index in [0.717, 1.165) is 5.56 Å². The molecule has 0 aromatic heterocycles. The molecule has 3 N–H and O–H groups in total. The molecule has 5 nitrogen and oxygen atoms in total. The molecule has 1 unspecified atom stereocenters. The van der Waals surface area contributed by atoms with Crippen LogP contribution in [0, 0.1) is 0 Å². The van der Waals surface area contributed by atoms with Crippen molar-refractivity contribution in [1.82, 2.24) is 5.32 Å². The predicted octanol–water partition coefficient (Wildman–Crippen LogP) is 1.10. The van der Waals surface area contributed by atoms with E-state index in [-0.39, 0.29) is 18.6 Å². The standard InChI is InChI=1S/C14H22N2O3/c1-4-18-12-7-5-6-11(8-10(2)15)14(12)19-9-13(17)16-3/h5-7,10H,4,8-9,15H2,1-3H3,(H,16,17). The average molecular weight is 266 g/mol. The summed E-state index contributed by atoms with van der Waals surface area (Å²) in [6.45, 7) is 4.33. The summed E-state index contributed by atoms with van der Waals surface area (Å²) in [4.78, 5) is 11.3. The van der Waals surface area contributed by atoms with Gasteiger partial charge in [-0.2, -0.15) is 0 Å². The normalized spacial score (nSPS) is 11.8. The van der Waals surface area contributed by atoms with Crippen LogP contribution >= 0.6 is 0 Å². The van der Waals surface area contributed by atoms with Gasteiger partial charge in [0.1, 0.15) is 0 Å². The average Bonchev–Trinajstić information content (AvgIpc) is 2.37. The summed E-state index contributed by atoms with van der Waals surface area (Å²) in [7, 11) is 1.57. The first-order valence-electron chi connectivity index (χ1n) is 6.42. The summed E-state index contributed by atoms with van der Waals surface area (Å²) in [6, 6.07) is 5.67. The predicted molar refractivity (Wildman–Crippen MR) is 74.5 cm³/mol. The van der Waals surface area contributed by atoms with E-state index in [1.165, 1.54) is 0 Å². The van der Waals surface area contributed by atoms with Crippen molar-refractivity contribution in [1.29, 1.82) is 0 Å². The molecule has 0 aliphatic carbocycles. The molecule has 5 heteroatoms. The molecule has 1 aromatic carbocycles. The summed E-state index contributed by atoms with van der Waals surface area (Å²) in [5, 5.41) is 2.52. The highest BCUT2D eigenvalue weighted by Crippen LogP contribution is 2.32. The second-order valence-corrected chi connectivity index (χ2v) is 4.32. The molecule has 0 radical (unpaired) electrons. The molecule has 1 amide bonds. The van der Waals surface area contributed by atoms with Gasteiger partial charge < -0.3 is 20.5 Å². The van der Waals surface area contributed by atoms with Gasteiger partial charge in [-0.15, -0.1) is 0 Å². The maximum absolute atomic E-state index is 11.3. The zero-order chi connectivity index (χ0) is 14.3. The third-order valence-corrected chi connectivity index (χ3v) is 2.53. The first-order valence-corrected chi connectivity index (χ1v) is 6.42. The number of hydrogen-bond acceptors (Lipinski definition) is 4. The zero-order valence-electron chi connectivity index (χ0n) is 11.7. The van der Waals surface area contributed by atoms with E-state index < -0.39 is 0 Å². The quantitative estimate of drug-likeness (QED) is 0.775. The van der Waals surface area contributed by atoms with Crippen molar-refractivity contribution < 1.29 is 14.3 Å². The van der Waals surface area contributed by atoms with Crippen molar-refractivity contribution >= 4 is 5.91 Å². The fraction of sp³-hybridized carbons (Fsp3) is 0.500. The molecule has 0 aliphatic rings. The SMILES string of the molecule is CCOc1cccc(CC(C)N)c1OCC(=O)NC. The van der Waals surface area contributed by atoms with Gasteiger partial charge in [0, 0.05) is 13.1 Å². The van der Waals surface area contributed by atoms with Crippen LogP contribution in [0.15, 0.2) is 18.2 Å². The molecule has 1 atom stereocenters. The van der Waals surface area contributed by atoms with E-state index in [9.17, 15) is 4.79 Å². The molecular formula is C14H22N2O3. The molecule has 0 fully saturated rings. The number of rotatable bonds is 7. The fourth-order valence-corrected chi connectivity index (χ4v) is 1.71. The van der Waals surface area contributed by atoms with Crippen LogP contribution in [0.25, 0.3) is 0 Å². The molecule has 0 heterocycles. The molecule has 0 saturated heterocycles. The largest absolute Gasteiger partial charge is 0.490 e. The van der Waals surface area contributed by atoms with Crippen molar-refractivity contribution in [3.63, 3.8) is 0 Å². The van der Waals surface area contributed by atoms with Crippen molar-refractivity contribution in [3.8, 4) is 11.5 Å². The minimum absolute atomic E-state index is 0.0132. The van der Waals surface area contributed by atoms with Crippen molar-refractivity contribution in [2.45, 2.75) is 26.3 Å². The van der Waals surface area contributed by atoms with Gasteiger partial charge in [-0.1, -0.05) is 12.1 Å². The van der Waals surface area contributed by atoms with Gasteiger partial charge in [-0.25, -0.2) is 0 Å². The summed E-state index contributed by atoms with van der Waals surface area (Å²) < 4.78 is 11.1. The highest BCUT2D eigenvalue weighted by atomic mass is 16.5. The summed E-state index contributed by atoms with van der Waals surface area (Å²) in [6.07, 6.45) is 0.671. The number of carbonyl (C=O) groups is 1. The Balaban J connectivity index is 2.95. The molecule has 106 valence electrons. The lowest BCUT2D eigenvalue weighted by molar-refractivity contribution is -0.122. The number of amides is 1. The van der Waals surface area contributed by atoms with Crippen molar-refractivity contribution in [3.05, 3.63) is 23.8 Å². The Kier molecular flexibility index (Phi) is 6.15. The maximum atomic E-state index is 11.3. The van der Waals surface area contributed by atoms with Gasteiger partial charge in [0.15, 0.2) is 18.1 Å². The lowest BCUT2D eigenvalue weighted by atomic mass is 10.1. The number of hydrogen-bond donors (Lipinski definition) is 2. The number of carbonyl (C=O) groups excluding carboxylic acids is 1. The maximum Gasteiger partial charge on any atom is 0.257 e. The molecule has 1 rings (SSSR count).